The number of carbonyl (C=O) groups excluding carboxylic acids is 1. The first-order valence-electron chi connectivity index (χ1n) is 8.01. The lowest BCUT2D eigenvalue weighted by Crippen LogP contribution is -2.57. The largest absolute Gasteiger partial charge is 0.480 e. The van der Waals surface area contributed by atoms with Crippen molar-refractivity contribution in [3.63, 3.8) is 0 Å². The van der Waals surface area contributed by atoms with E-state index in [-0.39, 0.29) is 6.03 Å². The first kappa shape index (κ1) is 17.5. The molecular weight excluding hydrogens is 268 g/mol. The lowest BCUT2D eigenvalue weighted by atomic mass is 9.90. The van der Waals surface area contributed by atoms with Gasteiger partial charge in [0.2, 0.25) is 0 Å². The van der Waals surface area contributed by atoms with E-state index in [2.05, 4.69) is 17.2 Å². The summed E-state index contributed by atoms with van der Waals surface area (Å²) in [5.74, 6) is -0.912. The Morgan fingerprint density at radius 1 is 1.10 bits per heavy atom. The van der Waals surface area contributed by atoms with E-state index in [9.17, 15) is 14.7 Å². The highest BCUT2D eigenvalue weighted by Gasteiger charge is 2.39. The third kappa shape index (κ3) is 6.19. The van der Waals surface area contributed by atoms with Crippen LogP contribution in [0.15, 0.2) is 12.7 Å². The van der Waals surface area contributed by atoms with Crippen LogP contribution >= 0.6 is 0 Å². The van der Waals surface area contributed by atoms with Crippen molar-refractivity contribution in [2.75, 3.05) is 6.54 Å². The molecule has 0 atom stereocenters. The van der Waals surface area contributed by atoms with E-state index in [1.807, 2.05) is 6.08 Å². The number of carbonyl (C=O) groups is 2. The molecule has 5 heteroatoms. The van der Waals surface area contributed by atoms with Crippen LogP contribution in [0.4, 0.5) is 4.79 Å². The van der Waals surface area contributed by atoms with E-state index >= 15 is 0 Å². The summed E-state index contributed by atoms with van der Waals surface area (Å²) in [6.45, 7) is 4.25. The van der Waals surface area contributed by atoms with Crippen molar-refractivity contribution < 1.29 is 14.7 Å². The second-order valence-electron chi connectivity index (χ2n) is 5.82. The van der Waals surface area contributed by atoms with Crippen LogP contribution in [-0.4, -0.2) is 29.2 Å². The molecule has 0 heterocycles. The van der Waals surface area contributed by atoms with Crippen LogP contribution in [0.2, 0.25) is 0 Å². The highest BCUT2D eigenvalue weighted by Crippen LogP contribution is 2.27. The second-order valence-corrected chi connectivity index (χ2v) is 5.82. The minimum Gasteiger partial charge on any atom is -0.480 e. The molecular formula is C16H28N2O3. The maximum Gasteiger partial charge on any atom is 0.329 e. The second kappa shape index (κ2) is 9.42. The van der Waals surface area contributed by atoms with Crippen LogP contribution in [0.5, 0.6) is 0 Å². The van der Waals surface area contributed by atoms with Crippen molar-refractivity contribution in [3.05, 3.63) is 12.7 Å². The average molecular weight is 296 g/mol. The number of carboxylic acids is 1. The van der Waals surface area contributed by atoms with Crippen LogP contribution in [0, 0.1) is 0 Å². The molecule has 3 N–H and O–H groups in total. The van der Waals surface area contributed by atoms with Crippen molar-refractivity contribution in [2.24, 2.45) is 0 Å². The summed E-state index contributed by atoms with van der Waals surface area (Å²) < 4.78 is 0. The number of amides is 2. The van der Waals surface area contributed by atoms with Gasteiger partial charge in [0, 0.05) is 6.54 Å². The molecule has 0 saturated heterocycles. The molecule has 0 bridgehead atoms. The highest BCUT2D eigenvalue weighted by molar-refractivity contribution is 5.86. The molecule has 0 radical (unpaired) electrons. The smallest absolute Gasteiger partial charge is 0.329 e. The molecule has 1 saturated carbocycles. The molecule has 2 amide bonds. The number of urea groups is 1. The Balaban J connectivity index is 2.35. The van der Waals surface area contributed by atoms with Gasteiger partial charge in [-0.15, -0.1) is 6.58 Å². The van der Waals surface area contributed by atoms with Gasteiger partial charge in [-0.2, -0.15) is 0 Å². The monoisotopic (exact) mass is 296 g/mol. The number of rotatable bonds is 8. The topological polar surface area (TPSA) is 78.4 Å². The average Bonchev–Trinajstić information content (AvgIpc) is 2.69. The standard InChI is InChI=1S/C16H28N2O3/c1-2-3-4-7-10-13-17-15(21)18-16(14(19)20)11-8-5-6-9-12-16/h2H,1,3-13H2,(H,19,20)(H2,17,18,21). The van der Waals surface area contributed by atoms with Crippen molar-refractivity contribution in [1.82, 2.24) is 10.6 Å². The molecule has 1 aliphatic rings. The maximum atomic E-state index is 11.9. The van der Waals surface area contributed by atoms with Gasteiger partial charge in [0.05, 0.1) is 0 Å². The fraction of sp³-hybridized carbons (Fsp3) is 0.750. The maximum absolute atomic E-state index is 11.9. The zero-order valence-corrected chi connectivity index (χ0v) is 12.8. The van der Waals surface area contributed by atoms with Crippen molar-refractivity contribution in [3.8, 4) is 0 Å². The van der Waals surface area contributed by atoms with Gasteiger partial charge in [0.15, 0.2) is 0 Å². The Morgan fingerprint density at radius 2 is 1.76 bits per heavy atom. The molecule has 0 aromatic carbocycles. The predicted octanol–water partition coefficient (Wildman–Crippen LogP) is 3.21. The van der Waals surface area contributed by atoms with Crippen LogP contribution in [0.25, 0.3) is 0 Å². The summed E-state index contributed by atoms with van der Waals surface area (Å²) in [6, 6.07) is -0.358. The SMILES string of the molecule is C=CCCCCCNC(=O)NC1(C(=O)O)CCCCCC1. The number of allylic oxidation sites excluding steroid dienone is 1. The van der Waals surface area contributed by atoms with Gasteiger partial charge in [0.25, 0.3) is 0 Å². The normalized spacial score (nSPS) is 17.5. The molecule has 0 unspecified atom stereocenters. The summed E-state index contributed by atoms with van der Waals surface area (Å²) in [4.78, 5) is 23.5. The minimum atomic E-state index is -1.08. The van der Waals surface area contributed by atoms with Crippen molar-refractivity contribution in [1.29, 1.82) is 0 Å². The molecule has 0 spiro atoms. The third-order valence-electron chi connectivity index (χ3n) is 4.09. The summed E-state index contributed by atoms with van der Waals surface area (Å²) in [6.07, 6.45) is 10.7. The first-order valence-corrected chi connectivity index (χ1v) is 8.01. The molecule has 0 aromatic rings. The molecule has 120 valence electrons. The van der Waals surface area contributed by atoms with E-state index in [1.165, 1.54) is 0 Å². The number of nitrogens with one attached hydrogen (secondary N) is 2. The van der Waals surface area contributed by atoms with E-state index in [4.69, 9.17) is 0 Å². The van der Waals surface area contributed by atoms with Gasteiger partial charge < -0.3 is 15.7 Å². The molecule has 0 aliphatic heterocycles. The predicted molar refractivity (Wildman–Crippen MR) is 83.3 cm³/mol. The Bertz CT molecular complexity index is 347. The quantitative estimate of drug-likeness (QED) is 0.365. The summed E-state index contributed by atoms with van der Waals surface area (Å²) in [5.41, 5.74) is -1.08. The zero-order valence-electron chi connectivity index (χ0n) is 12.8. The zero-order chi connectivity index (χ0) is 15.6. The molecule has 1 rings (SSSR count). The van der Waals surface area contributed by atoms with Gasteiger partial charge in [-0.25, -0.2) is 9.59 Å². The fourth-order valence-electron chi connectivity index (χ4n) is 2.78. The Morgan fingerprint density at radius 3 is 2.33 bits per heavy atom. The molecule has 21 heavy (non-hydrogen) atoms. The Labute approximate surface area is 127 Å². The lowest BCUT2D eigenvalue weighted by molar-refractivity contribution is -0.145. The fourth-order valence-corrected chi connectivity index (χ4v) is 2.78. The number of unbranched alkanes of at least 4 members (excludes halogenated alkanes) is 3. The third-order valence-corrected chi connectivity index (χ3v) is 4.09. The van der Waals surface area contributed by atoms with Crippen LogP contribution < -0.4 is 10.6 Å². The molecule has 0 aromatic heterocycles. The van der Waals surface area contributed by atoms with E-state index < -0.39 is 11.5 Å². The van der Waals surface area contributed by atoms with Crippen LogP contribution in [-0.2, 0) is 4.79 Å². The van der Waals surface area contributed by atoms with Crippen LogP contribution in [0.3, 0.4) is 0 Å². The molecule has 5 nitrogen and oxygen atoms in total. The summed E-state index contributed by atoms with van der Waals surface area (Å²) in [7, 11) is 0. The number of hydrogen-bond acceptors (Lipinski definition) is 2. The number of hydrogen-bond donors (Lipinski definition) is 3. The Hall–Kier alpha value is -1.52. The van der Waals surface area contributed by atoms with Crippen LogP contribution in [0.1, 0.15) is 64.2 Å². The van der Waals surface area contributed by atoms with Gasteiger partial charge >= 0.3 is 12.0 Å². The highest BCUT2D eigenvalue weighted by atomic mass is 16.4. The summed E-state index contributed by atoms with van der Waals surface area (Å²) in [5, 5.41) is 15.0. The molecule has 1 aliphatic carbocycles. The number of aliphatic carboxylic acids is 1. The summed E-state index contributed by atoms with van der Waals surface area (Å²) >= 11 is 0. The van der Waals surface area contributed by atoms with Gasteiger partial charge in [-0.3, -0.25) is 0 Å². The van der Waals surface area contributed by atoms with Gasteiger partial charge in [-0.05, 0) is 32.1 Å². The number of carboxylic acid groups (broad SMARTS) is 1. The van der Waals surface area contributed by atoms with E-state index in [0.717, 1.165) is 51.4 Å². The van der Waals surface area contributed by atoms with E-state index in [1.54, 1.807) is 0 Å². The Kier molecular flexibility index (Phi) is 7.87. The lowest BCUT2D eigenvalue weighted by Gasteiger charge is -2.29. The minimum absolute atomic E-state index is 0.358. The molecule has 1 fully saturated rings. The first-order chi connectivity index (χ1) is 10.1. The van der Waals surface area contributed by atoms with E-state index in [0.29, 0.717) is 19.4 Å². The van der Waals surface area contributed by atoms with Crippen molar-refractivity contribution in [2.45, 2.75) is 69.7 Å². The van der Waals surface area contributed by atoms with Gasteiger partial charge in [0.1, 0.15) is 5.54 Å². The van der Waals surface area contributed by atoms with Crippen molar-refractivity contribution >= 4 is 12.0 Å². The van der Waals surface area contributed by atoms with Gasteiger partial charge in [-0.1, -0.05) is 38.2 Å².